The lowest BCUT2D eigenvalue weighted by Crippen LogP contribution is -2.30. The van der Waals surface area contributed by atoms with Crippen molar-refractivity contribution in [2.45, 2.75) is 32.6 Å². The van der Waals surface area contributed by atoms with Crippen LogP contribution in [0.15, 0.2) is 17.7 Å². The van der Waals surface area contributed by atoms with E-state index in [9.17, 15) is 5.26 Å². The topological polar surface area (TPSA) is 39.9 Å². The average Bonchev–Trinajstić information content (AvgIpc) is 2.84. The third-order valence-corrected chi connectivity index (χ3v) is 3.78. The van der Waals surface area contributed by atoms with E-state index in [-0.39, 0.29) is 0 Å². The molecule has 92 valence electrons. The summed E-state index contributed by atoms with van der Waals surface area (Å²) in [5.74, 6) is 0.894. The SMILES string of the molecule is CC1=CCCN(c2nc3c(cc2C#N)CCC3)C1. The number of aryl methyl sites for hydroxylation is 2. The van der Waals surface area contributed by atoms with Crippen LogP contribution in [0.25, 0.3) is 0 Å². The van der Waals surface area contributed by atoms with Gasteiger partial charge in [0, 0.05) is 18.8 Å². The summed E-state index contributed by atoms with van der Waals surface area (Å²) in [5.41, 5.74) is 4.59. The summed E-state index contributed by atoms with van der Waals surface area (Å²) in [6, 6.07) is 4.37. The molecule has 1 aliphatic heterocycles. The zero-order valence-electron chi connectivity index (χ0n) is 10.7. The van der Waals surface area contributed by atoms with E-state index >= 15 is 0 Å². The van der Waals surface area contributed by atoms with Crippen molar-refractivity contribution in [2.24, 2.45) is 0 Å². The fourth-order valence-corrected chi connectivity index (χ4v) is 2.88. The van der Waals surface area contributed by atoms with E-state index in [0.29, 0.717) is 0 Å². The zero-order valence-corrected chi connectivity index (χ0v) is 10.7. The van der Waals surface area contributed by atoms with E-state index in [2.05, 4.69) is 30.0 Å². The van der Waals surface area contributed by atoms with Crippen LogP contribution in [0.1, 0.15) is 36.6 Å². The molecule has 0 fully saturated rings. The summed E-state index contributed by atoms with van der Waals surface area (Å²) in [7, 11) is 0. The van der Waals surface area contributed by atoms with Crippen molar-refractivity contribution in [2.75, 3.05) is 18.0 Å². The third-order valence-electron chi connectivity index (χ3n) is 3.78. The lowest BCUT2D eigenvalue weighted by Gasteiger charge is -2.28. The summed E-state index contributed by atoms with van der Waals surface area (Å²) in [4.78, 5) is 7.00. The quantitative estimate of drug-likeness (QED) is 0.707. The van der Waals surface area contributed by atoms with Gasteiger partial charge in [-0.2, -0.15) is 5.26 Å². The Morgan fingerprint density at radius 1 is 1.39 bits per heavy atom. The predicted octanol–water partition coefficient (Wildman–Crippen LogP) is 2.60. The van der Waals surface area contributed by atoms with E-state index in [1.807, 2.05) is 0 Å². The molecule has 0 spiro atoms. The molecule has 2 aliphatic rings. The number of hydrogen-bond donors (Lipinski definition) is 0. The number of pyridine rings is 1. The van der Waals surface area contributed by atoms with Gasteiger partial charge in [-0.05, 0) is 44.2 Å². The van der Waals surface area contributed by atoms with E-state index < -0.39 is 0 Å². The first-order chi connectivity index (χ1) is 8.78. The van der Waals surface area contributed by atoms with Crippen molar-refractivity contribution >= 4 is 5.82 Å². The summed E-state index contributed by atoms with van der Waals surface area (Å²) in [6.45, 7) is 4.02. The largest absolute Gasteiger partial charge is 0.351 e. The normalized spacial score (nSPS) is 18.2. The van der Waals surface area contributed by atoms with Gasteiger partial charge in [0.05, 0.1) is 5.56 Å². The minimum Gasteiger partial charge on any atom is -0.351 e. The summed E-state index contributed by atoms with van der Waals surface area (Å²) in [6.07, 6.45) is 6.65. The van der Waals surface area contributed by atoms with Gasteiger partial charge in [-0.25, -0.2) is 4.98 Å². The van der Waals surface area contributed by atoms with Crippen LogP contribution >= 0.6 is 0 Å². The summed E-state index contributed by atoms with van der Waals surface area (Å²) in [5, 5.41) is 9.31. The van der Waals surface area contributed by atoms with Crippen molar-refractivity contribution in [3.8, 4) is 6.07 Å². The standard InChI is InChI=1S/C15H17N3/c1-11-4-3-7-18(10-11)15-13(9-16)8-12-5-2-6-14(12)17-15/h4,8H,2-3,5-7,10H2,1H3. The molecule has 3 nitrogen and oxygen atoms in total. The Bertz CT molecular complexity index is 552. The highest BCUT2D eigenvalue weighted by Gasteiger charge is 2.21. The number of fused-ring (bicyclic) bond motifs is 1. The summed E-state index contributed by atoms with van der Waals surface area (Å²) < 4.78 is 0. The van der Waals surface area contributed by atoms with Crippen LogP contribution in [-0.2, 0) is 12.8 Å². The van der Waals surface area contributed by atoms with Gasteiger partial charge in [-0.1, -0.05) is 11.6 Å². The highest BCUT2D eigenvalue weighted by Crippen LogP contribution is 2.28. The molecule has 1 aromatic rings. The van der Waals surface area contributed by atoms with Crippen molar-refractivity contribution in [1.82, 2.24) is 4.98 Å². The Morgan fingerprint density at radius 3 is 3.06 bits per heavy atom. The lowest BCUT2D eigenvalue weighted by atomic mass is 10.1. The van der Waals surface area contributed by atoms with Gasteiger partial charge in [0.15, 0.2) is 0 Å². The molecule has 0 amide bonds. The predicted molar refractivity (Wildman–Crippen MR) is 71.6 cm³/mol. The van der Waals surface area contributed by atoms with Gasteiger partial charge >= 0.3 is 0 Å². The molecule has 0 radical (unpaired) electrons. The monoisotopic (exact) mass is 239 g/mol. The molecule has 0 N–H and O–H groups in total. The fraction of sp³-hybridized carbons (Fsp3) is 0.467. The molecule has 0 saturated carbocycles. The van der Waals surface area contributed by atoms with Gasteiger partial charge in [0.25, 0.3) is 0 Å². The number of aromatic nitrogens is 1. The Balaban J connectivity index is 2.01. The highest BCUT2D eigenvalue weighted by atomic mass is 15.2. The Labute approximate surface area is 108 Å². The fourth-order valence-electron chi connectivity index (χ4n) is 2.88. The van der Waals surface area contributed by atoms with Crippen LogP contribution < -0.4 is 4.90 Å². The Kier molecular flexibility index (Phi) is 2.79. The molecule has 3 heteroatoms. The van der Waals surface area contributed by atoms with E-state index in [1.54, 1.807) is 0 Å². The van der Waals surface area contributed by atoms with Crippen LogP contribution in [-0.4, -0.2) is 18.1 Å². The molecular formula is C15H17N3. The maximum atomic E-state index is 9.31. The smallest absolute Gasteiger partial charge is 0.147 e. The second-order valence-electron chi connectivity index (χ2n) is 5.19. The molecule has 0 saturated heterocycles. The van der Waals surface area contributed by atoms with E-state index in [4.69, 9.17) is 4.98 Å². The second-order valence-corrected chi connectivity index (χ2v) is 5.19. The maximum Gasteiger partial charge on any atom is 0.147 e. The minimum absolute atomic E-state index is 0.741. The van der Waals surface area contributed by atoms with E-state index in [1.165, 1.54) is 23.3 Å². The summed E-state index contributed by atoms with van der Waals surface area (Å²) >= 11 is 0. The van der Waals surface area contributed by atoms with E-state index in [0.717, 1.165) is 43.7 Å². The molecular weight excluding hydrogens is 222 g/mol. The molecule has 0 aromatic carbocycles. The van der Waals surface area contributed by atoms with Crippen LogP contribution in [0.4, 0.5) is 5.82 Å². The number of hydrogen-bond acceptors (Lipinski definition) is 3. The first kappa shape index (κ1) is 11.3. The minimum atomic E-state index is 0.741. The number of nitrogens with zero attached hydrogens (tertiary/aromatic N) is 3. The molecule has 1 aromatic heterocycles. The van der Waals surface area contributed by atoms with Crippen molar-refractivity contribution < 1.29 is 0 Å². The molecule has 18 heavy (non-hydrogen) atoms. The average molecular weight is 239 g/mol. The maximum absolute atomic E-state index is 9.31. The first-order valence-corrected chi connectivity index (χ1v) is 6.61. The highest BCUT2D eigenvalue weighted by molar-refractivity contribution is 5.57. The molecule has 0 bridgehead atoms. The van der Waals surface area contributed by atoms with Gasteiger partial charge < -0.3 is 4.90 Å². The first-order valence-electron chi connectivity index (χ1n) is 6.61. The van der Waals surface area contributed by atoms with Crippen molar-refractivity contribution in [1.29, 1.82) is 5.26 Å². The van der Waals surface area contributed by atoms with Crippen molar-refractivity contribution in [3.63, 3.8) is 0 Å². The molecule has 0 atom stereocenters. The van der Waals surface area contributed by atoms with Crippen LogP contribution in [0.3, 0.4) is 0 Å². The van der Waals surface area contributed by atoms with Crippen LogP contribution in [0.5, 0.6) is 0 Å². The van der Waals surface area contributed by atoms with Gasteiger partial charge in [0.2, 0.25) is 0 Å². The van der Waals surface area contributed by atoms with Crippen LogP contribution in [0.2, 0.25) is 0 Å². The molecule has 2 heterocycles. The molecule has 3 rings (SSSR count). The number of anilines is 1. The van der Waals surface area contributed by atoms with Crippen molar-refractivity contribution in [3.05, 3.63) is 34.5 Å². The van der Waals surface area contributed by atoms with Crippen LogP contribution in [0, 0.1) is 11.3 Å². The zero-order chi connectivity index (χ0) is 12.5. The number of nitriles is 1. The second kappa shape index (κ2) is 4.45. The van der Waals surface area contributed by atoms with Gasteiger partial charge in [0.1, 0.15) is 11.9 Å². The van der Waals surface area contributed by atoms with Gasteiger partial charge in [-0.3, -0.25) is 0 Å². The molecule has 0 unspecified atom stereocenters. The lowest BCUT2D eigenvalue weighted by molar-refractivity contribution is 0.772. The molecule has 1 aliphatic carbocycles. The number of rotatable bonds is 1. The Morgan fingerprint density at radius 2 is 2.28 bits per heavy atom. The van der Waals surface area contributed by atoms with Gasteiger partial charge in [-0.15, -0.1) is 0 Å². The Hall–Kier alpha value is -1.82. The third kappa shape index (κ3) is 1.88.